The van der Waals surface area contributed by atoms with Crippen molar-refractivity contribution >= 4 is 0 Å². The Kier molecular flexibility index (Phi) is 5.14. The van der Waals surface area contributed by atoms with E-state index in [1.807, 2.05) is 0 Å². The molecule has 0 radical (unpaired) electrons. The zero-order valence-corrected chi connectivity index (χ0v) is 12.4. The highest BCUT2D eigenvalue weighted by atomic mass is 15.3. The number of nitrogens with zero attached hydrogens (tertiary/aromatic N) is 2. The van der Waals surface area contributed by atoms with Gasteiger partial charge in [0.25, 0.3) is 0 Å². The molecule has 0 spiro atoms. The van der Waals surface area contributed by atoms with Gasteiger partial charge in [-0.15, -0.1) is 0 Å². The van der Waals surface area contributed by atoms with Crippen molar-refractivity contribution in [2.75, 3.05) is 39.3 Å². The minimum atomic E-state index is 0.843. The first-order chi connectivity index (χ1) is 9.42. The van der Waals surface area contributed by atoms with E-state index in [4.69, 9.17) is 0 Å². The van der Waals surface area contributed by atoms with Crippen LogP contribution in [0.2, 0.25) is 0 Å². The van der Waals surface area contributed by atoms with Crippen LogP contribution in [0, 0.1) is 0 Å². The van der Waals surface area contributed by atoms with Crippen LogP contribution in [0.1, 0.15) is 51.4 Å². The van der Waals surface area contributed by atoms with Crippen LogP contribution in [-0.2, 0) is 0 Å². The minimum absolute atomic E-state index is 0.843. The van der Waals surface area contributed by atoms with Crippen molar-refractivity contribution in [3.8, 4) is 0 Å². The Balaban J connectivity index is 1.26. The first-order valence-corrected chi connectivity index (χ1v) is 8.61. The second-order valence-corrected chi connectivity index (χ2v) is 6.78. The van der Waals surface area contributed by atoms with Gasteiger partial charge in [0, 0.05) is 18.6 Å². The van der Waals surface area contributed by atoms with Gasteiger partial charge in [0.2, 0.25) is 0 Å². The Hall–Kier alpha value is -0.120. The average molecular weight is 265 g/mol. The quantitative estimate of drug-likeness (QED) is 0.742. The van der Waals surface area contributed by atoms with Gasteiger partial charge in [0.15, 0.2) is 0 Å². The molecule has 2 saturated heterocycles. The lowest BCUT2D eigenvalue weighted by Gasteiger charge is -2.23. The lowest BCUT2D eigenvalue weighted by molar-refractivity contribution is 0.231. The molecule has 3 rings (SSSR count). The van der Waals surface area contributed by atoms with Crippen molar-refractivity contribution < 1.29 is 0 Å². The largest absolute Gasteiger partial charge is 0.314 e. The molecule has 1 saturated carbocycles. The first kappa shape index (κ1) is 13.8. The van der Waals surface area contributed by atoms with Crippen molar-refractivity contribution in [1.29, 1.82) is 0 Å². The third kappa shape index (κ3) is 3.93. The summed E-state index contributed by atoms with van der Waals surface area (Å²) in [5.74, 6) is 0. The summed E-state index contributed by atoms with van der Waals surface area (Å²) in [6.07, 6.45) is 11.3. The van der Waals surface area contributed by atoms with E-state index in [9.17, 15) is 0 Å². The highest BCUT2D eigenvalue weighted by Gasteiger charge is 2.28. The van der Waals surface area contributed by atoms with Crippen molar-refractivity contribution in [2.24, 2.45) is 0 Å². The Labute approximate surface area is 118 Å². The van der Waals surface area contributed by atoms with Crippen LogP contribution in [0.3, 0.4) is 0 Å². The maximum Gasteiger partial charge on any atom is 0.0235 e. The van der Waals surface area contributed by atoms with Crippen LogP contribution < -0.4 is 5.32 Å². The molecule has 3 fully saturated rings. The van der Waals surface area contributed by atoms with E-state index in [0.717, 1.165) is 12.1 Å². The normalized spacial score (nSPS) is 30.6. The summed E-state index contributed by atoms with van der Waals surface area (Å²) in [5.41, 5.74) is 0. The topological polar surface area (TPSA) is 18.5 Å². The summed E-state index contributed by atoms with van der Waals surface area (Å²) in [7, 11) is 0. The van der Waals surface area contributed by atoms with Gasteiger partial charge >= 0.3 is 0 Å². The predicted molar refractivity (Wildman–Crippen MR) is 80.5 cm³/mol. The van der Waals surface area contributed by atoms with E-state index in [2.05, 4.69) is 15.1 Å². The number of likely N-dealkylation sites (tertiary alicyclic amines) is 2. The number of hydrogen-bond donors (Lipinski definition) is 1. The SMILES string of the molecule is C1CCC(NCCCN2CCC(N3CCCC3)C2)C1. The Morgan fingerprint density at radius 1 is 0.895 bits per heavy atom. The van der Waals surface area contributed by atoms with E-state index >= 15 is 0 Å². The molecule has 19 heavy (non-hydrogen) atoms. The zero-order valence-electron chi connectivity index (χ0n) is 12.4. The molecular formula is C16H31N3. The molecule has 1 N–H and O–H groups in total. The lowest BCUT2D eigenvalue weighted by Crippen LogP contribution is -2.36. The smallest absolute Gasteiger partial charge is 0.0235 e. The number of hydrogen-bond acceptors (Lipinski definition) is 3. The lowest BCUT2D eigenvalue weighted by atomic mass is 10.2. The van der Waals surface area contributed by atoms with Gasteiger partial charge in [-0.05, 0) is 71.2 Å². The molecule has 0 amide bonds. The molecule has 2 aliphatic heterocycles. The van der Waals surface area contributed by atoms with Crippen LogP contribution in [-0.4, -0.2) is 61.2 Å². The fourth-order valence-electron chi connectivity index (χ4n) is 4.16. The summed E-state index contributed by atoms with van der Waals surface area (Å²) in [4.78, 5) is 5.43. The van der Waals surface area contributed by atoms with Gasteiger partial charge < -0.3 is 10.2 Å². The molecule has 0 aromatic rings. The molecule has 0 aromatic carbocycles. The van der Waals surface area contributed by atoms with Gasteiger partial charge in [-0.25, -0.2) is 0 Å². The van der Waals surface area contributed by atoms with E-state index in [1.54, 1.807) is 0 Å². The third-order valence-electron chi connectivity index (χ3n) is 5.34. The highest BCUT2D eigenvalue weighted by molar-refractivity contribution is 4.85. The molecule has 0 aromatic heterocycles. The fourth-order valence-corrected chi connectivity index (χ4v) is 4.16. The van der Waals surface area contributed by atoms with E-state index < -0.39 is 0 Å². The standard InChI is InChI=1S/C16H31N3/c1-2-7-15(6-1)17-9-5-10-18-13-8-16(14-18)19-11-3-4-12-19/h15-17H,1-14H2. The first-order valence-electron chi connectivity index (χ1n) is 8.61. The maximum absolute atomic E-state index is 3.73. The molecule has 3 aliphatic rings. The van der Waals surface area contributed by atoms with Crippen LogP contribution in [0.5, 0.6) is 0 Å². The van der Waals surface area contributed by atoms with Crippen molar-refractivity contribution in [1.82, 2.24) is 15.1 Å². The predicted octanol–water partition coefficient (Wildman–Crippen LogP) is 2.08. The Bertz CT molecular complexity index is 257. The molecule has 1 aliphatic carbocycles. The van der Waals surface area contributed by atoms with Gasteiger partial charge in [0.1, 0.15) is 0 Å². The molecular weight excluding hydrogens is 234 g/mol. The van der Waals surface area contributed by atoms with Crippen LogP contribution >= 0.6 is 0 Å². The summed E-state index contributed by atoms with van der Waals surface area (Å²) in [6.45, 7) is 7.94. The van der Waals surface area contributed by atoms with E-state index in [0.29, 0.717) is 0 Å². The molecule has 110 valence electrons. The fraction of sp³-hybridized carbons (Fsp3) is 1.00. The zero-order chi connectivity index (χ0) is 12.9. The van der Waals surface area contributed by atoms with Crippen molar-refractivity contribution in [3.63, 3.8) is 0 Å². The molecule has 0 bridgehead atoms. The summed E-state index contributed by atoms with van der Waals surface area (Å²) >= 11 is 0. The van der Waals surface area contributed by atoms with Crippen molar-refractivity contribution in [2.45, 2.75) is 63.5 Å². The van der Waals surface area contributed by atoms with Crippen LogP contribution in [0.25, 0.3) is 0 Å². The molecule has 1 atom stereocenters. The Morgan fingerprint density at radius 2 is 1.68 bits per heavy atom. The third-order valence-corrected chi connectivity index (χ3v) is 5.34. The summed E-state index contributed by atoms with van der Waals surface area (Å²) in [5, 5.41) is 3.73. The minimum Gasteiger partial charge on any atom is -0.314 e. The number of rotatable bonds is 6. The van der Waals surface area contributed by atoms with Crippen LogP contribution in [0.15, 0.2) is 0 Å². The second kappa shape index (κ2) is 7.05. The van der Waals surface area contributed by atoms with E-state index in [1.165, 1.54) is 90.6 Å². The Morgan fingerprint density at radius 3 is 2.47 bits per heavy atom. The van der Waals surface area contributed by atoms with E-state index in [-0.39, 0.29) is 0 Å². The van der Waals surface area contributed by atoms with Gasteiger partial charge in [-0.3, -0.25) is 4.90 Å². The second-order valence-electron chi connectivity index (χ2n) is 6.78. The number of nitrogens with one attached hydrogen (secondary N) is 1. The summed E-state index contributed by atoms with van der Waals surface area (Å²) in [6, 6.07) is 1.72. The van der Waals surface area contributed by atoms with Crippen LogP contribution in [0.4, 0.5) is 0 Å². The monoisotopic (exact) mass is 265 g/mol. The van der Waals surface area contributed by atoms with Gasteiger partial charge in [0.05, 0.1) is 0 Å². The van der Waals surface area contributed by atoms with Gasteiger partial charge in [-0.2, -0.15) is 0 Å². The summed E-state index contributed by atoms with van der Waals surface area (Å²) < 4.78 is 0. The van der Waals surface area contributed by atoms with Gasteiger partial charge in [-0.1, -0.05) is 12.8 Å². The van der Waals surface area contributed by atoms with Crippen molar-refractivity contribution in [3.05, 3.63) is 0 Å². The molecule has 3 heteroatoms. The maximum atomic E-state index is 3.73. The average Bonchev–Trinajstić information content (AvgIpc) is 3.15. The molecule has 3 nitrogen and oxygen atoms in total. The molecule has 1 unspecified atom stereocenters. The highest BCUT2D eigenvalue weighted by Crippen LogP contribution is 2.20. The molecule has 2 heterocycles.